The summed E-state index contributed by atoms with van der Waals surface area (Å²) in [5.41, 5.74) is 0.412. The van der Waals surface area contributed by atoms with Crippen LogP contribution in [0.3, 0.4) is 0 Å². The van der Waals surface area contributed by atoms with Crippen molar-refractivity contribution in [2.45, 2.75) is 65.8 Å². The Balaban J connectivity index is 2.01. The molecule has 0 amide bonds. The number of hydrogen-bond acceptors (Lipinski definition) is 2. The Bertz CT molecular complexity index is 336. The third kappa shape index (κ3) is 3.31. The molecule has 0 spiro atoms. The molecule has 0 aromatic carbocycles. The van der Waals surface area contributed by atoms with Gasteiger partial charge in [0.25, 0.3) is 0 Å². The molecule has 0 N–H and O–H groups in total. The number of nitrogens with zero attached hydrogens (tertiary/aromatic N) is 2. The first-order valence-electron chi connectivity index (χ1n) is 8.09. The van der Waals surface area contributed by atoms with Crippen LogP contribution in [0.15, 0.2) is 0 Å². The third-order valence-corrected chi connectivity index (χ3v) is 5.58. The average Bonchev–Trinajstić information content (AvgIpc) is 2.87. The largest absolute Gasteiger partial charge is 0.299 e. The van der Waals surface area contributed by atoms with E-state index in [0.29, 0.717) is 11.5 Å². The van der Waals surface area contributed by atoms with Crippen molar-refractivity contribution in [3.05, 3.63) is 0 Å². The molecule has 1 heterocycles. The molecule has 2 rings (SSSR count). The summed E-state index contributed by atoms with van der Waals surface area (Å²) < 4.78 is 0. The van der Waals surface area contributed by atoms with Crippen LogP contribution < -0.4 is 0 Å². The van der Waals surface area contributed by atoms with Gasteiger partial charge in [0, 0.05) is 12.6 Å². The zero-order chi connectivity index (χ0) is 14.0. The molecule has 4 atom stereocenters. The zero-order valence-electron chi connectivity index (χ0n) is 13.2. The molecule has 0 aromatic rings. The van der Waals surface area contributed by atoms with Crippen LogP contribution in [0.25, 0.3) is 0 Å². The van der Waals surface area contributed by atoms with E-state index in [4.69, 9.17) is 0 Å². The molecule has 1 saturated heterocycles. The minimum absolute atomic E-state index is 0.279. The second-order valence-corrected chi connectivity index (χ2v) is 7.74. The van der Waals surface area contributed by atoms with Gasteiger partial charge < -0.3 is 0 Å². The lowest BCUT2D eigenvalue weighted by Crippen LogP contribution is -2.43. The van der Waals surface area contributed by atoms with Crippen LogP contribution in [0.5, 0.6) is 0 Å². The third-order valence-electron chi connectivity index (χ3n) is 5.58. The molecular weight excluding hydrogens is 232 g/mol. The molecular formula is C17H30N2. The van der Waals surface area contributed by atoms with Gasteiger partial charge in [-0.05, 0) is 49.5 Å². The second kappa shape index (κ2) is 5.83. The molecule has 2 aliphatic rings. The summed E-state index contributed by atoms with van der Waals surface area (Å²) in [5.74, 6) is 1.93. The van der Waals surface area contributed by atoms with E-state index in [1.54, 1.807) is 0 Å². The van der Waals surface area contributed by atoms with E-state index in [9.17, 15) is 5.26 Å². The first kappa shape index (κ1) is 14.9. The van der Waals surface area contributed by atoms with Crippen molar-refractivity contribution < 1.29 is 0 Å². The van der Waals surface area contributed by atoms with Gasteiger partial charge in [-0.3, -0.25) is 4.90 Å². The summed E-state index contributed by atoms with van der Waals surface area (Å²) in [7, 11) is 0. The van der Waals surface area contributed by atoms with Gasteiger partial charge in [0.05, 0.1) is 12.0 Å². The molecule has 19 heavy (non-hydrogen) atoms. The average molecular weight is 262 g/mol. The van der Waals surface area contributed by atoms with E-state index in [1.165, 1.54) is 38.8 Å². The summed E-state index contributed by atoms with van der Waals surface area (Å²) in [6, 6.07) is 3.13. The Hall–Kier alpha value is -0.550. The van der Waals surface area contributed by atoms with E-state index in [2.05, 4.69) is 38.7 Å². The van der Waals surface area contributed by atoms with Crippen LogP contribution in [-0.4, -0.2) is 24.0 Å². The van der Waals surface area contributed by atoms with E-state index >= 15 is 0 Å². The van der Waals surface area contributed by atoms with Gasteiger partial charge >= 0.3 is 0 Å². The normalized spacial score (nSPS) is 37.2. The summed E-state index contributed by atoms with van der Waals surface area (Å²) in [6.07, 6.45) is 6.24. The summed E-state index contributed by atoms with van der Waals surface area (Å²) >= 11 is 0. The monoisotopic (exact) mass is 262 g/mol. The van der Waals surface area contributed by atoms with Gasteiger partial charge in [-0.25, -0.2) is 0 Å². The molecule has 1 saturated carbocycles. The minimum Gasteiger partial charge on any atom is -0.299 e. The SMILES string of the molecule is CCC1CCC(C#N)C(N2CCC(C(C)(C)C)C2)C1. The Morgan fingerprint density at radius 3 is 2.47 bits per heavy atom. The predicted molar refractivity (Wildman–Crippen MR) is 79.7 cm³/mol. The highest BCUT2D eigenvalue weighted by molar-refractivity contribution is 4.99. The maximum atomic E-state index is 9.43. The van der Waals surface area contributed by atoms with Crippen molar-refractivity contribution in [2.24, 2.45) is 23.2 Å². The number of nitriles is 1. The van der Waals surface area contributed by atoms with Crippen molar-refractivity contribution in [3.63, 3.8) is 0 Å². The maximum absolute atomic E-state index is 9.43. The van der Waals surface area contributed by atoms with Crippen LogP contribution in [0.4, 0.5) is 0 Å². The predicted octanol–water partition coefficient (Wildman–Crippen LogP) is 4.07. The van der Waals surface area contributed by atoms with E-state index < -0.39 is 0 Å². The Labute approximate surface area is 119 Å². The second-order valence-electron chi connectivity index (χ2n) is 7.74. The molecule has 1 aliphatic heterocycles. The van der Waals surface area contributed by atoms with Crippen LogP contribution >= 0.6 is 0 Å². The molecule has 4 unspecified atom stereocenters. The van der Waals surface area contributed by atoms with Crippen LogP contribution in [0, 0.1) is 34.5 Å². The first-order valence-corrected chi connectivity index (χ1v) is 8.09. The fourth-order valence-corrected chi connectivity index (χ4v) is 3.95. The highest BCUT2D eigenvalue weighted by Gasteiger charge is 2.39. The maximum Gasteiger partial charge on any atom is 0.0672 e. The topological polar surface area (TPSA) is 27.0 Å². The molecule has 2 nitrogen and oxygen atoms in total. The molecule has 2 fully saturated rings. The summed E-state index contributed by atoms with van der Waals surface area (Å²) in [6.45, 7) is 11.8. The van der Waals surface area contributed by atoms with Gasteiger partial charge in [-0.15, -0.1) is 0 Å². The van der Waals surface area contributed by atoms with Crippen molar-refractivity contribution in [3.8, 4) is 6.07 Å². The summed E-state index contributed by atoms with van der Waals surface area (Å²) in [4.78, 5) is 2.64. The van der Waals surface area contributed by atoms with E-state index in [1.807, 2.05) is 0 Å². The number of likely N-dealkylation sites (tertiary alicyclic amines) is 1. The van der Waals surface area contributed by atoms with E-state index in [-0.39, 0.29) is 5.92 Å². The van der Waals surface area contributed by atoms with Gasteiger partial charge in [0.2, 0.25) is 0 Å². The van der Waals surface area contributed by atoms with Crippen LogP contribution in [-0.2, 0) is 0 Å². The Kier molecular flexibility index (Phi) is 4.56. The highest BCUT2D eigenvalue weighted by Crippen LogP contribution is 2.39. The smallest absolute Gasteiger partial charge is 0.0672 e. The minimum atomic E-state index is 0.279. The van der Waals surface area contributed by atoms with Crippen LogP contribution in [0.1, 0.15) is 59.8 Å². The standard InChI is InChI=1S/C17H30N2/c1-5-13-6-7-14(11-18)16(10-13)19-9-8-15(12-19)17(2,3)4/h13-16H,5-10,12H2,1-4H3. The Morgan fingerprint density at radius 1 is 1.21 bits per heavy atom. The molecule has 108 valence electrons. The zero-order valence-corrected chi connectivity index (χ0v) is 13.2. The van der Waals surface area contributed by atoms with Crippen LogP contribution in [0.2, 0.25) is 0 Å². The molecule has 0 radical (unpaired) electrons. The number of hydrogen-bond donors (Lipinski definition) is 0. The molecule has 2 heteroatoms. The Morgan fingerprint density at radius 2 is 1.95 bits per heavy atom. The van der Waals surface area contributed by atoms with Crippen molar-refractivity contribution >= 4 is 0 Å². The summed E-state index contributed by atoms with van der Waals surface area (Å²) in [5, 5.41) is 9.43. The fourth-order valence-electron chi connectivity index (χ4n) is 3.95. The van der Waals surface area contributed by atoms with Crippen molar-refractivity contribution in [1.29, 1.82) is 5.26 Å². The van der Waals surface area contributed by atoms with Crippen molar-refractivity contribution in [1.82, 2.24) is 4.90 Å². The molecule has 0 aromatic heterocycles. The van der Waals surface area contributed by atoms with Gasteiger partial charge in [-0.1, -0.05) is 34.1 Å². The lowest BCUT2D eigenvalue weighted by atomic mass is 9.77. The quantitative estimate of drug-likeness (QED) is 0.750. The first-order chi connectivity index (χ1) is 8.95. The number of rotatable bonds is 2. The molecule has 1 aliphatic carbocycles. The van der Waals surface area contributed by atoms with Gasteiger partial charge in [0.15, 0.2) is 0 Å². The lowest BCUT2D eigenvalue weighted by molar-refractivity contribution is 0.110. The lowest BCUT2D eigenvalue weighted by Gasteiger charge is -2.39. The van der Waals surface area contributed by atoms with Gasteiger partial charge in [0.1, 0.15) is 0 Å². The fraction of sp³-hybridized carbons (Fsp3) is 0.941. The van der Waals surface area contributed by atoms with E-state index in [0.717, 1.165) is 18.3 Å². The highest BCUT2D eigenvalue weighted by atomic mass is 15.2. The van der Waals surface area contributed by atoms with Crippen molar-refractivity contribution in [2.75, 3.05) is 13.1 Å². The molecule has 0 bridgehead atoms. The van der Waals surface area contributed by atoms with Gasteiger partial charge in [-0.2, -0.15) is 5.26 Å².